The molecule has 0 aromatic heterocycles. The minimum atomic E-state index is -3.78. The molecule has 0 heterocycles. The normalized spacial score (nSPS) is 11.2. The second kappa shape index (κ2) is 9.95. The van der Waals surface area contributed by atoms with E-state index in [9.17, 15) is 17.6 Å². The van der Waals surface area contributed by atoms with Crippen molar-refractivity contribution >= 4 is 39.1 Å². The van der Waals surface area contributed by atoms with E-state index in [0.717, 1.165) is 4.90 Å². The van der Waals surface area contributed by atoms with Gasteiger partial charge in [-0.25, -0.2) is 17.5 Å². The van der Waals surface area contributed by atoms with Gasteiger partial charge in [0.05, 0.1) is 4.90 Å². The van der Waals surface area contributed by atoms with Gasteiger partial charge in [-0.15, -0.1) is 11.8 Å². The molecule has 0 aliphatic carbocycles. The minimum Gasteiger partial charge on any atom is -0.381 e. The lowest BCUT2D eigenvalue weighted by atomic mass is 10.1. The zero-order valence-electron chi connectivity index (χ0n) is 17.0. The summed E-state index contributed by atoms with van der Waals surface area (Å²) >= 11 is 1.55. The van der Waals surface area contributed by atoms with E-state index in [2.05, 4.69) is 15.4 Å². The van der Waals surface area contributed by atoms with Gasteiger partial charge in [0.15, 0.2) is 0 Å². The number of halogens is 1. The van der Waals surface area contributed by atoms with E-state index in [0.29, 0.717) is 16.9 Å². The molecule has 3 N–H and O–H groups in total. The minimum absolute atomic E-state index is 0.0535. The Kier molecular flexibility index (Phi) is 7.32. The third-order valence-electron chi connectivity index (χ3n) is 4.46. The molecule has 0 radical (unpaired) electrons. The van der Waals surface area contributed by atoms with Crippen molar-refractivity contribution in [3.8, 4) is 0 Å². The van der Waals surface area contributed by atoms with Gasteiger partial charge in [0.2, 0.25) is 10.0 Å². The number of carbonyl (C=O) groups is 1. The Bertz CT molecular complexity index is 1200. The molecule has 0 bridgehead atoms. The molecule has 3 rings (SSSR count). The second-order valence-electron chi connectivity index (χ2n) is 6.62. The van der Waals surface area contributed by atoms with Crippen LogP contribution in [0.2, 0.25) is 0 Å². The van der Waals surface area contributed by atoms with Gasteiger partial charge in [-0.3, -0.25) is 4.79 Å². The molecule has 31 heavy (non-hydrogen) atoms. The number of anilines is 2. The predicted molar refractivity (Wildman–Crippen MR) is 123 cm³/mol. The third kappa shape index (κ3) is 6.06. The van der Waals surface area contributed by atoms with Gasteiger partial charge in [0.25, 0.3) is 5.91 Å². The van der Waals surface area contributed by atoms with Crippen LogP contribution in [-0.4, -0.2) is 27.6 Å². The van der Waals surface area contributed by atoms with Gasteiger partial charge in [-0.05, 0) is 67.4 Å². The number of hydrogen-bond acceptors (Lipinski definition) is 5. The Balaban J connectivity index is 1.90. The first kappa shape index (κ1) is 22.8. The molecule has 0 atom stereocenters. The summed E-state index contributed by atoms with van der Waals surface area (Å²) in [5.74, 6) is -0.807. The summed E-state index contributed by atoms with van der Waals surface area (Å²) in [5, 5.41) is 5.85. The Morgan fingerprint density at radius 1 is 1.00 bits per heavy atom. The van der Waals surface area contributed by atoms with Gasteiger partial charge >= 0.3 is 0 Å². The number of thioether (sulfide) groups is 1. The van der Waals surface area contributed by atoms with Crippen molar-refractivity contribution in [2.75, 3.05) is 23.9 Å². The van der Waals surface area contributed by atoms with Crippen LogP contribution >= 0.6 is 11.8 Å². The average molecular weight is 460 g/mol. The molecule has 6 nitrogen and oxygen atoms in total. The number of benzene rings is 3. The average Bonchev–Trinajstić information content (AvgIpc) is 2.77. The van der Waals surface area contributed by atoms with E-state index < -0.39 is 15.9 Å². The van der Waals surface area contributed by atoms with E-state index in [1.54, 1.807) is 36.0 Å². The molecule has 162 valence electrons. The van der Waals surface area contributed by atoms with Crippen LogP contribution in [0, 0.1) is 5.82 Å². The highest BCUT2D eigenvalue weighted by Crippen LogP contribution is 2.23. The van der Waals surface area contributed by atoms with Gasteiger partial charge < -0.3 is 10.6 Å². The molecule has 0 fully saturated rings. The van der Waals surface area contributed by atoms with Gasteiger partial charge in [-0.1, -0.05) is 18.2 Å². The van der Waals surface area contributed by atoms with Crippen LogP contribution in [0.1, 0.15) is 15.9 Å². The molecule has 0 aliphatic rings. The van der Waals surface area contributed by atoms with Crippen LogP contribution in [-0.2, 0) is 16.6 Å². The lowest BCUT2D eigenvalue weighted by molar-refractivity contribution is 0.102. The van der Waals surface area contributed by atoms with Crippen LogP contribution < -0.4 is 15.4 Å². The van der Waals surface area contributed by atoms with E-state index in [1.165, 1.54) is 31.3 Å². The molecular formula is C22H22FN3O3S2. The maximum absolute atomic E-state index is 13.4. The van der Waals surface area contributed by atoms with Crippen molar-refractivity contribution < 1.29 is 17.6 Å². The van der Waals surface area contributed by atoms with E-state index in [1.807, 2.05) is 24.5 Å². The quantitative estimate of drug-likeness (QED) is 0.437. The highest BCUT2D eigenvalue weighted by molar-refractivity contribution is 7.98. The number of carbonyl (C=O) groups excluding carboxylic acids is 1. The highest BCUT2D eigenvalue weighted by Gasteiger charge is 2.17. The number of amides is 1. The predicted octanol–water partition coefficient (Wildman–Crippen LogP) is 4.32. The van der Waals surface area contributed by atoms with E-state index in [-0.39, 0.29) is 22.8 Å². The van der Waals surface area contributed by atoms with Crippen LogP contribution in [0.15, 0.2) is 76.5 Å². The molecule has 3 aromatic rings. The van der Waals surface area contributed by atoms with Crippen molar-refractivity contribution in [1.29, 1.82) is 0 Å². The van der Waals surface area contributed by atoms with Crippen molar-refractivity contribution in [1.82, 2.24) is 4.72 Å². The fourth-order valence-electron chi connectivity index (χ4n) is 2.86. The number of sulfonamides is 1. The third-order valence-corrected chi connectivity index (χ3v) is 6.58. The van der Waals surface area contributed by atoms with Crippen LogP contribution in [0.5, 0.6) is 0 Å². The lowest BCUT2D eigenvalue weighted by Crippen LogP contribution is -2.20. The first-order chi connectivity index (χ1) is 14.8. The van der Waals surface area contributed by atoms with Crippen molar-refractivity contribution in [3.63, 3.8) is 0 Å². The van der Waals surface area contributed by atoms with Crippen LogP contribution in [0.4, 0.5) is 15.8 Å². The Morgan fingerprint density at radius 3 is 2.48 bits per heavy atom. The molecule has 0 saturated carbocycles. The van der Waals surface area contributed by atoms with Crippen molar-refractivity contribution in [2.45, 2.75) is 16.3 Å². The van der Waals surface area contributed by atoms with E-state index in [4.69, 9.17) is 0 Å². The summed E-state index contributed by atoms with van der Waals surface area (Å²) in [7, 11) is -2.48. The van der Waals surface area contributed by atoms with Crippen LogP contribution in [0.3, 0.4) is 0 Å². The SMILES string of the molecule is CNS(=O)(=O)c1cc(NCc2cccc(F)c2)cc(C(=O)Nc2cccc(SC)c2)c1. The highest BCUT2D eigenvalue weighted by atomic mass is 32.2. The largest absolute Gasteiger partial charge is 0.381 e. The maximum atomic E-state index is 13.4. The Labute approximate surface area is 185 Å². The van der Waals surface area contributed by atoms with Crippen LogP contribution in [0.25, 0.3) is 0 Å². The first-order valence-corrected chi connectivity index (χ1v) is 12.0. The fourth-order valence-corrected chi connectivity index (χ4v) is 4.12. The van der Waals surface area contributed by atoms with Gasteiger partial charge in [0, 0.05) is 28.4 Å². The first-order valence-electron chi connectivity index (χ1n) is 9.33. The molecule has 1 amide bonds. The molecule has 0 spiro atoms. The lowest BCUT2D eigenvalue weighted by Gasteiger charge is -2.13. The molecule has 0 saturated heterocycles. The topological polar surface area (TPSA) is 87.3 Å². The smallest absolute Gasteiger partial charge is 0.255 e. The standard InChI is InChI=1S/C22H22FN3O3S2/c1-24-31(28,29)21-11-16(22(27)26-18-7-4-8-20(12-18)30-2)10-19(13-21)25-14-15-5-3-6-17(23)9-15/h3-13,24-25H,14H2,1-2H3,(H,26,27). The Hall–Kier alpha value is -2.88. The number of hydrogen-bond donors (Lipinski definition) is 3. The van der Waals surface area contributed by atoms with Gasteiger partial charge in [-0.2, -0.15) is 0 Å². The second-order valence-corrected chi connectivity index (χ2v) is 9.39. The molecule has 3 aromatic carbocycles. The van der Waals surface area contributed by atoms with Gasteiger partial charge in [0.1, 0.15) is 5.82 Å². The number of rotatable bonds is 8. The monoisotopic (exact) mass is 459 g/mol. The molecule has 0 unspecified atom stereocenters. The molecule has 9 heteroatoms. The summed E-state index contributed by atoms with van der Waals surface area (Å²) in [6.07, 6.45) is 1.93. The van der Waals surface area contributed by atoms with Crippen molar-refractivity contribution in [2.24, 2.45) is 0 Å². The zero-order chi connectivity index (χ0) is 22.4. The van der Waals surface area contributed by atoms with E-state index >= 15 is 0 Å². The number of nitrogens with one attached hydrogen (secondary N) is 3. The summed E-state index contributed by atoms with van der Waals surface area (Å²) in [4.78, 5) is 13.8. The zero-order valence-corrected chi connectivity index (χ0v) is 18.6. The molecular weight excluding hydrogens is 437 g/mol. The summed E-state index contributed by atoms with van der Waals surface area (Å²) < 4.78 is 40.4. The summed E-state index contributed by atoms with van der Waals surface area (Å²) in [6.45, 7) is 0.262. The fraction of sp³-hybridized carbons (Fsp3) is 0.136. The summed E-state index contributed by atoms with van der Waals surface area (Å²) in [5.41, 5.74) is 1.88. The summed E-state index contributed by atoms with van der Waals surface area (Å²) in [6, 6.07) is 17.7. The maximum Gasteiger partial charge on any atom is 0.255 e. The van der Waals surface area contributed by atoms with Crippen molar-refractivity contribution in [3.05, 3.63) is 83.7 Å². The molecule has 0 aliphatic heterocycles. The Morgan fingerprint density at radius 2 is 1.77 bits per heavy atom.